The molecule has 0 spiro atoms. The number of anilines is 1. The average molecular weight is 327 g/mol. The lowest BCUT2D eigenvalue weighted by atomic mass is 10.1. The maximum absolute atomic E-state index is 5.34. The lowest BCUT2D eigenvalue weighted by molar-refractivity contribution is 0.0802. The number of nitrogens with zero attached hydrogens (tertiary/aromatic N) is 5. The number of methoxy groups -OCH3 is 1. The molecular weight excluding hydrogens is 302 g/mol. The highest BCUT2D eigenvalue weighted by Gasteiger charge is 2.31. The van der Waals surface area contributed by atoms with Crippen LogP contribution in [0.15, 0.2) is 18.2 Å². The molecule has 3 heterocycles. The number of rotatable bonds is 2. The molecule has 1 aromatic carbocycles. The second kappa shape index (κ2) is 6.18. The van der Waals surface area contributed by atoms with E-state index in [1.165, 1.54) is 13.1 Å². The Morgan fingerprint density at radius 2 is 1.92 bits per heavy atom. The molecule has 1 aromatic heterocycles. The zero-order valence-corrected chi connectivity index (χ0v) is 14.7. The van der Waals surface area contributed by atoms with Gasteiger partial charge in [-0.1, -0.05) is 0 Å². The maximum atomic E-state index is 5.34. The molecule has 6 heteroatoms. The number of aromatic nitrogens is 2. The first kappa shape index (κ1) is 15.6. The topological polar surface area (TPSA) is 44.7 Å². The molecule has 0 bridgehead atoms. The van der Waals surface area contributed by atoms with E-state index < -0.39 is 0 Å². The third-order valence-electron chi connectivity index (χ3n) is 5.26. The van der Waals surface area contributed by atoms with Crippen molar-refractivity contribution in [2.45, 2.75) is 13.0 Å². The second-order valence-corrected chi connectivity index (χ2v) is 6.89. The van der Waals surface area contributed by atoms with Crippen LogP contribution in [-0.4, -0.2) is 79.2 Å². The van der Waals surface area contributed by atoms with Crippen LogP contribution in [0.2, 0.25) is 0 Å². The standard InChI is InChI=1S/C18H25N5O/c1-13-16-5-4-15(24-3)10-17(16)20-18(19-13)23-9-8-22-7-6-21(2)11-14(22)12-23/h4-5,10,14H,6-9,11-12H2,1-3H3. The van der Waals surface area contributed by atoms with Gasteiger partial charge < -0.3 is 14.5 Å². The summed E-state index contributed by atoms with van der Waals surface area (Å²) in [6, 6.07) is 6.58. The number of hydrogen-bond acceptors (Lipinski definition) is 6. The van der Waals surface area contributed by atoms with Gasteiger partial charge in [-0.15, -0.1) is 0 Å². The Morgan fingerprint density at radius 1 is 1.08 bits per heavy atom. The monoisotopic (exact) mass is 327 g/mol. The predicted molar refractivity (Wildman–Crippen MR) is 95.9 cm³/mol. The zero-order chi connectivity index (χ0) is 16.7. The van der Waals surface area contributed by atoms with Gasteiger partial charge in [0.25, 0.3) is 0 Å². The highest BCUT2D eigenvalue weighted by molar-refractivity contribution is 5.83. The predicted octanol–water partition coefficient (Wildman–Crippen LogP) is 1.38. The van der Waals surface area contributed by atoms with Crippen molar-refractivity contribution in [2.24, 2.45) is 0 Å². The minimum Gasteiger partial charge on any atom is -0.497 e. The Kier molecular flexibility index (Phi) is 4.02. The second-order valence-electron chi connectivity index (χ2n) is 6.89. The van der Waals surface area contributed by atoms with E-state index in [9.17, 15) is 0 Å². The van der Waals surface area contributed by atoms with Gasteiger partial charge in [0.05, 0.1) is 18.3 Å². The summed E-state index contributed by atoms with van der Waals surface area (Å²) in [5.41, 5.74) is 1.99. The summed E-state index contributed by atoms with van der Waals surface area (Å²) in [7, 11) is 3.90. The number of benzene rings is 1. The van der Waals surface area contributed by atoms with E-state index in [4.69, 9.17) is 14.7 Å². The van der Waals surface area contributed by atoms with Crippen LogP contribution >= 0.6 is 0 Å². The first-order valence-corrected chi connectivity index (χ1v) is 8.64. The van der Waals surface area contributed by atoms with Crippen molar-refractivity contribution in [1.29, 1.82) is 0 Å². The van der Waals surface area contributed by atoms with Crippen LogP contribution < -0.4 is 9.64 Å². The first-order valence-electron chi connectivity index (χ1n) is 8.64. The Labute approximate surface area is 143 Å². The summed E-state index contributed by atoms with van der Waals surface area (Å²) in [6.45, 7) is 8.61. The van der Waals surface area contributed by atoms with E-state index in [-0.39, 0.29) is 0 Å². The van der Waals surface area contributed by atoms with Crippen molar-refractivity contribution in [3.05, 3.63) is 23.9 Å². The van der Waals surface area contributed by atoms with E-state index in [0.717, 1.165) is 54.5 Å². The third-order valence-corrected chi connectivity index (χ3v) is 5.26. The average Bonchev–Trinajstić information content (AvgIpc) is 2.60. The molecule has 128 valence electrons. The third kappa shape index (κ3) is 2.80. The molecule has 1 unspecified atom stereocenters. The molecule has 2 aliphatic heterocycles. The van der Waals surface area contributed by atoms with E-state index in [2.05, 4.69) is 28.7 Å². The Morgan fingerprint density at radius 3 is 2.75 bits per heavy atom. The number of hydrogen-bond donors (Lipinski definition) is 0. The smallest absolute Gasteiger partial charge is 0.226 e. The highest BCUT2D eigenvalue weighted by atomic mass is 16.5. The molecule has 2 saturated heterocycles. The van der Waals surface area contributed by atoms with Gasteiger partial charge in [0.2, 0.25) is 5.95 Å². The SMILES string of the molecule is COc1ccc2c(C)nc(N3CCN4CCN(C)CC4C3)nc2c1. The number of ether oxygens (including phenoxy) is 1. The van der Waals surface area contributed by atoms with Crippen molar-refractivity contribution in [2.75, 3.05) is 58.3 Å². The molecule has 0 saturated carbocycles. The van der Waals surface area contributed by atoms with Gasteiger partial charge in [0, 0.05) is 56.8 Å². The maximum Gasteiger partial charge on any atom is 0.226 e. The molecule has 0 radical (unpaired) electrons. The molecular formula is C18H25N5O. The van der Waals surface area contributed by atoms with Crippen molar-refractivity contribution < 1.29 is 4.74 Å². The molecule has 0 N–H and O–H groups in total. The van der Waals surface area contributed by atoms with Gasteiger partial charge in [0.1, 0.15) is 5.75 Å². The molecule has 1 atom stereocenters. The van der Waals surface area contributed by atoms with Crippen molar-refractivity contribution >= 4 is 16.9 Å². The van der Waals surface area contributed by atoms with Crippen LogP contribution in [0.1, 0.15) is 5.69 Å². The van der Waals surface area contributed by atoms with Gasteiger partial charge in [-0.2, -0.15) is 0 Å². The Balaban J connectivity index is 1.63. The Hall–Kier alpha value is -1.92. The Bertz CT molecular complexity index is 750. The molecule has 4 rings (SSSR count). The lowest BCUT2D eigenvalue weighted by Crippen LogP contribution is -2.61. The molecule has 6 nitrogen and oxygen atoms in total. The summed E-state index contributed by atoms with van der Waals surface area (Å²) in [4.78, 5) is 17.0. The number of fused-ring (bicyclic) bond motifs is 2. The van der Waals surface area contributed by atoms with E-state index in [0.29, 0.717) is 6.04 Å². The van der Waals surface area contributed by atoms with Crippen molar-refractivity contribution in [1.82, 2.24) is 19.8 Å². The van der Waals surface area contributed by atoms with E-state index >= 15 is 0 Å². The molecule has 2 fully saturated rings. The molecule has 2 aliphatic rings. The van der Waals surface area contributed by atoms with Gasteiger partial charge in [-0.25, -0.2) is 9.97 Å². The fraction of sp³-hybridized carbons (Fsp3) is 0.556. The van der Waals surface area contributed by atoms with Gasteiger partial charge in [0.15, 0.2) is 0 Å². The van der Waals surface area contributed by atoms with Crippen LogP contribution in [-0.2, 0) is 0 Å². The van der Waals surface area contributed by atoms with Gasteiger partial charge in [-0.3, -0.25) is 4.90 Å². The van der Waals surface area contributed by atoms with Crippen LogP contribution in [0, 0.1) is 6.92 Å². The number of likely N-dealkylation sites (N-methyl/N-ethyl adjacent to an activating group) is 1. The molecule has 24 heavy (non-hydrogen) atoms. The largest absolute Gasteiger partial charge is 0.497 e. The minimum absolute atomic E-state index is 0.572. The fourth-order valence-electron chi connectivity index (χ4n) is 3.81. The molecule has 0 amide bonds. The highest BCUT2D eigenvalue weighted by Crippen LogP contribution is 2.25. The first-order chi connectivity index (χ1) is 11.6. The summed E-state index contributed by atoms with van der Waals surface area (Å²) in [6.07, 6.45) is 0. The fourth-order valence-corrected chi connectivity index (χ4v) is 3.81. The minimum atomic E-state index is 0.572. The van der Waals surface area contributed by atoms with Crippen LogP contribution in [0.3, 0.4) is 0 Å². The molecule has 2 aromatic rings. The van der Waals surface area contributed by atoms with Gasteiger partial charge in [-0.05, 0) is 26.1 Å². The van der Waals surface area contributed by atoms with Crippen LogP contribution in [0.5, 0.6) is 5.75 Å². The summed E-state index contributed by atoms with van der Waals surface area (Å²) >= 11 is 0. The number of piperazine rings is 2. The quantitative estimate of drug-likeness (QED) is 0.830. The summed E-state index contributed by atoms with van der Waals surface area (Å²) in [5, 5.41) is 1.09. The normalized spacial score (nSPS) is 22.6. The number of aryl methyl sites for hydroxylation is 1. The van der Waals surface area contributed by atoms with E-state index in [1.54, 1.807) is 7.11 Å². The van der Waals surface area contributed by atoms with Crippen LogP contribution in [0.25, 0.3) is 10.9 Å². The van der Waals surface area contributed by atoms with Crippen molar-refractivity contribution in [3.63, 3.8) is 0 Å². The summed E-state index contributed by atoms with van der Waals surface area (Å²) in [5.74, 6) is 1.69. The van der Waals surface area contributed by atoms with Crippen molar-refractivity contribution in [3.8, 4) is 5.75 Å². The van der Waals surface area contributed by atoms with Crippen LogP contribution in [0.4, 0.5) is 5.95 Å². The summed E-state index contributed by atoms with van der Waals surface area (Å²) < 4.78 is 5.34. The lowest BCUT2D eigenvalue weighted by Gasteiger charge is -2.46. The zero-order valence-electron chi connectivity index (χ0n) is 14.7. The molecule has 0 aliphatic carbocycles. The van der Waals surface area contributed by atoms with Gasteiger partial charge >= 0.3 is 0 Å². The van der Waals surface area contributed by atoms with E-state index in [1.807, 2.05) is 18.2 Å².